The molecule has 0 saturated heterocycles. The highest BCUT2D eigenvalue weighted by atomic mass is 32.1. The molecule has 0 aliphatic heterocycles. The Bertz CT molecular complexity index is 499. The van der Waals surface area contributed by atoms with E-state index in [0.717, 1.165) is 18.7 Å². The summed E-state index contributed by atoms with van der Waals surface area (Å²) >= 11 is 1.75. The van der Waals surface area contributed by atoms with Gasteiger partial charge in [0.05, 0.1) is 11.7 Å². The molecule has 0 aliphatic rings. The van der Waals surface area contributed by atoms with Gasteiger partial charge in [-0.1, -0.05) is 6.92 Å². The Hall–Kier alpha value is -1.13. The highest BCUT2D eigenvalue weighted by molar-refractivity contribution is 7.08. The van der Waals surface area contributed by atoms with Crippen molar-refractivity contribution < 1.29 is 0 Å². The first-order valence-corrected chi connectivity index (χ1v) is 7.35. The van der Waals surface area contributed by atoms with Crippen molar-refractivity contribution in [3.8, 4) is 0 Å². The Kier molecular flexibility index (Phi) is 4.19. The number of rotatable bonds is 5. The molecule has 3 nitrogen and oxygen atoms in total. The molecule has 0 spiro atoms. The summed E-state index contributed by atoms with van der Waals surface area (Å²) in [4.78, 5) is 0. The number of thiophene rings is 1. The summed E-state index contributed by atoms with van der Waals surface area (Å²) in [6, 6.07) is 2.47. The minimum atomic E-state index is 0.268. The van der Waals surface area contributed by atoms with Crippen LogP contribution >= 0.6 is 11.3 Å². The Morgan fingerprint density at radius 3 is 2.72 bits per heavy atom. The van der Waals surface area contributed by atoms with Gasteiger partial charge in [-0.25, -0.2) is 0 Å². The van der Waals surface area contributed by atoms with E-state index >= 15 is 0 Å². The summed E-state index contributed by atoms with van der Waals surface area (Å²) in [5.41, 5.74) is 5.03. The lowest BCUT2D eigenvalue weighted by Gasteiger charge is -2.18. The average Bonchev–Trinajstić information content (AvgIpc) is 2.93. The lowest BCUT2D eigenvalue weighted by Crippen LogP contribution is -2.23. The Morgan fingerprint density at radius 1 is 1.44 bits per heavy atom. The van der Waals surface area contributed by atoms with Crippen LogP contribution in [0.25, 0.3) is 0 Å². The summed E-state index contributed by atoms with van der Waals surface area (Å²) in [5, 5.41) is 12.5. The second kappa shape index (κ2) is 5.67. The van der Waals surface area contributed by atoms with Gasteiger partial charge in [0.15, 0.2) is 0 Å². The second-order valence-corrected chi connectivity index (χ2v) is 5.43. The smallest absolute Gasteiger partial charge is 0.0647 e. The van der Waals surface area contributed by atoms with Gasteiger partial charge in [-0.3, -0.25) is 4.68 Å². The third-order valence-corrected chi connectivity index (χ3v) is 4.03. The van der Waals surface area contributed by atoms with Crippen LogP contribution in [0, 0.1) is 13.8 Å². The van der Waals surface area contributed by atoms with Gasteiger partial charge in [-0.05, 0) is 49.2 Å². The third kappa shape index (κ3) is 2.49. The zero-order valence-corrected chi connectivity index (χ0v) is 12.3. The molecular formula is C14H21N3S. The van der Waals surface area contributed by atoms with Gasteiger partial charge in [-0.15, -0.1) is 0 Å². The fourth-order valence-electron chi connectivity index (χ4n) is 2.32. The summed E-state index contributed by atoms with van der Waals surface area (Å²) in [5.74, 6) is 0. The van der Waals surface area contributed by atoms with Crippen LogP contribution in [0.15, 0.2) is 16.8 Å². The molecule has 2 aromatic rings. The van der Waals surface area contributed by atoms with Crippen LogP contribution in [0.5, 0.6) is 0 Å². The van der Waals surface area contributed by atoms with Crippen LogP contribution in [0.3, 0.4) is 0 Å². The van der Waals surface area contributed by atoms with Crippen LogP contribution in [0.1, 0.15) is 41.9 Å². The van der Waals surface area contributed by atoms with Gasteiger partial charge in [0.1, 0.15) is 0 Å². The molecule has 0 radical (unpaired) electrons. The van der Waals surface area contributed by atoms with E-state index in [1.165, 1.54) is 16.8 Å². The molecule has 0 amide bonds. The lowest BCUT2D eigenvalue weighted by atomic mass is 9.99. The van der Waals surface area contributed by atoms with Crippen molar-refractivity contribution >= 4 is 11.3 Å². The highest BCUT2D eigenvalue weighted by Crippen LogP contribution is 2.28. The van der Waals surface area contributed by atoms with Crippen molar-refractivity contribution in [2.75, 3.05) is 6.54 Å². The van der Waals surface area contributed by atoms with Gasteiger partial charge in [-0.2, -0.15) is 16.4 Å². The molecule has 2 rings (SSSR count). The van der Waals surface area contributed by atoms with E-state index < -0.39 is 0 Å². The molecule has 0 aromatic carbocycles. The predicted octanol–water partition coefficient (Wildman–Crippen LogP) is 3.19. The molecule has 2 aromatic heterocycles. The van der Waals surface area contributed by atoms with Crippen molar-refractivity contribution in [1.29, 1.82) is 0 Å². The molecule has 1 N–H and O–H groups in total. The standard InChI is InChI=1S/C14H21N3S/c1-5-7-15-14(12-6-8-18-9-12)13-10(2)16-17(4)11(13)3/h6,8-9,14-15H,5,7H2,1-4H3. The number of nitrogens with one attached hydrogen (secondary N) is 1. The minimum Gasteiger partial charge on any atom is -0.306 e. The summed E-state index contributed by atoms with van der Waals surface area (Å²) in [6.45, 7) is 7.45. The average molecular weight is 263 g/mol. The van der Waals surface area contributed by atoms with Crippen molar-refractivity contribution in [3.05, 3.63) is 39.3 Å². The van der Waals surface area contributed by atoms with E-state index in [0.29, 0.717) is 0 Å². The normalized spacial score (nSPS) is 12.9. The van der Waals surface area contributed by atoms with Crippen LogP contribution in [0.4, 0.5) is 0 Å². The fraction of sp³-hybridized carbons (Fsp3) is 0.500. The van der Waals surface area contributed by atoms with E-state index in [-0.39, 0.29) is 6.04 Å². The molecule has 98 valence electrons. The van der Waals surface area contributed by atoms with Gasteiger partial charge in [0.2, 0.25) is 0 Å². The van der Waals surface area contributed by atoms with Crippen molar-refractivity contribution in [2.45, 2.75) is 33.2 Å². The van der Waals surface area contributed by atoms with Crippen molar-refractivity contribution in [2.24, 2.45) is 7.05 Å². The molecule has 1 unspecified atom stereocenters. The van der Waals surface area contributed by atoms with E-state index in [1.807, 2.05) is 11.7 Å². The van der Waals surface area contributed by atoms with Gasteiger partial charge >= 0.3 is 0 Å². The zero-order valence-electron chi connectivity index (χ0n) is 11.5. The molecule has 0 fully saturated rings. The largest absolute Gasteiger partial charge is 0.306 e. The van der Waals surface area contributed by atoms with Gasteiger partial charge < -0.3 is 5.32 Å². The number of hydrogen-bond acceptors (Lipinski definition) is 3. The van der Waals surface area contributed by atoms with E-state index in [9.17, 15) is 0 Å². The molecule has 0 saturated carbocycles. The lowest BCUT2D eigenvalue weighted by molar-refractivity contribution is 0.594. The molecule has 0 bridgehead atoms. The fourth-order valence-corrected chi connectivity index (χ4v) is 3.01. The number of aryl methyl sites for hydroxylation is 2. The van der Waals surface area contributed by atoms with Crippen LogP contribution in [-0.4, -0.2) is 16.3 Å². The molecule has 4 heteroatoms. The molecule has 18 heavy (non-hydrogen) atoms. The highest BCUT2D eigenvalue weighted by Gasteiger charge is 2.21. The molecule has 0 aliphatic carbocycles. The first-order valence-electron chi connectivity index (χ1n) is 6.40. The maximum Gasteiger partial charge on any atom is 0.0647 e. The molecule has 2 heterocycles. The van der Waals surface area contributed by atoms with Gasteiger partial charge in [0.25, 0.3) is 0 Å². The summed E-state index contributed by atoms with van der Waals surface area (Å²) in [7, 11) is 2.01. The quantitative estimate of drug-likeness (QED) is 0.898. The number of nitrogens with zero attached hydrogens (tertiary/aromatic N) is 2. The van der Waals surface area contributed by atoms with E-state index in [1.54, 1.807) is 11.3 Å². The van der Waals surface area contributed by atoms with Gasteiger partial charge in [0, 0.05) is 18.3 Å². The summed E-state index contributed by atoms with van der Waals surface area (Å²) in [6.07, 6.45) is 1.14. The topological polar surface area (TPSA) is 29.9 Å². The number of aromatic nitrogens is 2. The van der Waals surface area contributed by atoms with Crippen molar-refractivity contribution in [3.63, 3.8) is 0 Å². The van der Waals surface area contributed by atoms with Crippen LogP contribution in [0.2, 0.25) is 0 Å². The zero-order chi connectivity index (χ0) is 13.1. The summed E-state index contributed by atoms with van der Waals surface area (Å²) < 4.78 is 1.97. The molecular weight excluding hydrogens is 242 g/mol. The second-order valence-electron chi connectivity index (χ2n) is 4.65. The maximum atomic E-state index is 4.53. The first-order chi connectivity index (χ1) is 8.65. The Labute approximate surface area is 113 Å². The Morgan fingerprint density at radius 2 is 2.22 bits per heavy atom. The first kappa shape index (κ1) is 13.3. The van der Waals surface area contributed by atoms with E-state index in [2.05, 4.69) is 48.0 Å². The van der Waals surface area contributed by atoms with Crippen molar-refractivity contribution in [1.82, 2.24) is 15.1 Å². The molecule has 1 atom stereocenters. The van der Waals surface area contributed by atoms with Crippen LogP contribution < -0.4 is 5.32 Å². The Balaban J connectivity index is 2.40. The third-order valence-electron chi connectivity index (χ3n) is 3.33. The predicted molar refractivity (Wildman–Crippen MR) is 77.1 cm³/mol. The maximum absolute atomic E-state index is 4.53. The monoisotopic (exact) mass is 263 g/mol. The van der Waals surface area contributed by atoms with Crippen LogP contribution in [-0.2, 0) is 7.05 Å². The SMILES string of the molecule is CCCNC(c1ccsc1)c1c(C)nn(C)c1C. The minimum absolute atomic E-state index is 0.268. The number of hydrogen-bond donors (Lipinski definition) is 1. The van der Waals surface area contributed by atoms with E-state index in [4.69, 9.17) is 0 Å².